The molecule has 4 heterocycles. The Morgan fingerprint density at radius 3 is 2.41 bits per heavy atom. The second-order valence-corrected chi connectivity index (χ2v) is 6.21. The summed E-state index contributed by atoms with van der Waals surface area (Å²) in [5.74, 6) is 0. The van der Waals surface area contributed by atoms with Gasteiger partial charge < -0.3 is 9.80 Å². The largest absolute Gasteiger partial charge is 0.323 e. The van der Waals surface area contributed by atoms with Crippen LogP contribution in [0.2, 0.25) is 0 Å². The SMILES string of the molecule is Cc1ccc(N2C=CN3c4c(cc(C)nc4C)CC23)c(C)n1. The van der Waals surface area contributed by atoms with E-state index in [1.54, 1.807) is 0 Å². The van der Waals surface area contributed by atoms with Crippen LogP contribution in [0.15, 0.2) is 30.6 Å². The Bertz CT molecular complexity index is 794. The number of pyridine rings is 2. The van der Waals surface area contributed by atoms with Crippen LogP contribution in [0.3, 0.4) is 0 Å². The van der Waals surface area contributed by atoms with Crippen molar-refractivity contribution < 1.29 is 0 Å². The number of aromatic nitrogens is 2. The number of hydrogen-bond donors (Lipinski definition) is 0. The van der Waals surface area contributed by atoms with Gasteiger partial charge in [-0.15, -0.1) is 0 Å². The molecule has 0 saturated heterocycles. The molecule has 0 bridgehead atoms. The van der Waals surface area contributed by atoms with E-state index in [0.717, 1.165) is 29.2 Å². The molecule has 4 heteroatoms. The highest BCUT2D eigenvalue weighted by Gasteiger charge is 2.37. The Hall–Kier alpha value is -2.36. The molecule has 0 radical (unpaired) electrons. The van der Waals surface area contributed by atoms with Gasteiger partial charge in [0, 0.05) is 30.2 Å². The lowest BCUT2D eigenvalue weighted by Crippen LogP contribution is -2.36. The molecule has 4 rings (SSSR count). The minimum absolute atomic E-state index is 0.306. The van der Waals surface area contributed by atoms with E-state index < -0.39 is 0 Å². The summed E-state index contributed by atoms with van der Waals surface area (Å²) in [4.78, 5) is 13.9. The van der Waals surface area contributed by atoms with Crippen LogP contribution in [-0.4, -0.2) is 16.1 Å². The predicted octanol–water partition coefficient (Wildman–Crippen LogP) is 3.39. The third-order valence-corrected chi connectivity index (χ3v) is 4.54. The van der Waals surface area contributed by atoms with Crippen LogP contribution in [0, 0.1) is 27.7 Å². The van der Waals surface area contributed by atoms with Crippen LogP contribution in [0.5, 0.6) is 0 Å². The van der Waals surface area contributed by atoms with Crippen LogP contribution in [0.1, 0.15) is 28.3 Å². The van der Waals surface area contributed by atoms with Gasteiger partial charge >= 0.3 is 0 Å². The van der Waals surface area contributed by atoms with E-state index >= 15 is 0 Å². The molecular formula is C18H20N4. The van der Waals surface area contributed by atoms with Crippen LogP contribution in [-0.2, 0) is 6.42 Å². The van der Waals surface area contributed by atoms with E-state index in [9.17, 15) is 0 Å². The van der Waals surface area contributed by atoms with Gasteiger partial charge in [0.05, 0.1) is 22.8 Å². The fourth-order valence-electron chi connectivity index (χ4n) is 3.70. The average Bonchev–Trinajstić information content (AvgIpc) is 2.97. The van der Waals surface area contributed by atoms with Crippen molar-refractivity contribution in [1.82, 2.24) is 9.97 Å². The second kappa shape index (κ2) is 4.57. The summed E-state index contributed by atoms with van der Waals surface area (Å²) < 4.78 is 0. The quantitative estimate of drug-likeness (QED) is 0.806. The molecule has 1 atom stereocenters. The van der Waals surface area contributed by atoms with E-state index in [2.05, 4.69) is 71.1 Å². The van der Waals surface area contributed by atoms with Gasteiger partial charge in [-0.2, -0.15) is 0 Å². The van der Waals surface area contributed by atoms with Crippen LogP contribution in [0.25, 0.3) is 0 Å². The van der Waals surface area contributed by atoms with Crippen molar-refractivity contribution in [3.63, 3.8) is 0 Å². The van der Waals surface area contributed by atoms with Crippen molar-refractivity contribution in [3.05, 3.63) is 58.9 Å². The molecule has 2 aliphatic heterocycles. The molecule has 0 aromatic carbocycles. The molecule has 2 aromatic heterocycles. The molecular weight excluding hydrogens is 272 g/mol. The molecule has 2 aliphatic rings. The maximum Gasteiger partial charge on any atom is 0.114 e. The van der Waals surface area contributed by atoms with E-state index in [4.69, 9.17) is 0 Å². The Morgan fingerprint density at radius 2 is 1.64 bits per heavy atom. The van der Waals surface area contributed by atoms with Crippen LogP contribution < -0.4 is 9.80 Å². The van der Waals surface area contributed by atoms with Gasteiger partial charge in [0.25, 0.3) is 0 Å². The molecule has 4 nitrogen and oxygen atoms in total. The third kappa shape index (κ3) is 1.83. The van der Waals surface area contributed by atoms with E-state index in [1.165, 1.54) is 16.9 Å². The van der Waals surface area contributed by atoms with E-state index in [0.29, 0.717) is 6.17 Å². The summed E-state index contributed by atoms with van der Waals surface area (Å²) in [5, 5.41) is 0. The molecule has 0 spiro atoms. The summed E-state index contributed by atoms with van der Waals surface area (Å²) in [6, 6.07) is 6.47. The Morgan fingerprint density at radius 1 is 0.909 bits per heavy atom. The lowest BCUT2D eigenvalue weighted by molar-refractivity contribution is 0.715. The van der Waals surface area contributed by atoms with Crippen molar-refractivity contribution in [2.24, 2.45) is 0 Å². The molecule has 22 heavy (non-hydrogen) atoms. The highest BCUT2D eigenvalue weighted by Crippen LogP contribution is 2.41. The smallest absolute Gasteiger partial charge is 0.114 e. The van der Waals surface area contributed by atoms with E-state index in [1.807, 2.05) is 6.92 Å². The van der Waals surface area contributed by atoms with Gasteiger partial charge in [0.1, 0.15) is 6.17 Å². The fraction of sp³-hybridized carbons (Fsp3) is 0.333. The summed E-state index contributed by atoms with van der Waals surface area (Å²) >= 11 is 0. The first-order valence-corrected chi connectivity index (χ1v) is 7.71. The maximum absolute atomic E-state index is 4.63. The Labute approximate surface area is 131 Å². The third-order valence-electron chi connectivity index (χ3n) is 4.54. The molecule has 0 saturated carbocycles. The van der Waals surface area contributed by atoms with Crippen LogP contribution in [0.4, 0.5) is 11.4 Å². The number of nitrogens with zero attached hydrogens (tertiary/aromatic N) is 4. The first kappa shape index (κ1) is 13.3. The standard InChI is InChI=1S/C18H20N4/c1-11-5-6-16(13(3)19-11)21-7-8-22-17(21)10-15-9-12(2)20-14(4)18(15)22/h5-9,17H,10H2,1-4H3. The zero-order chi connectivity index (χ0) is 15.4. The van der Waals surface area contributed by atoms with Gasteiger partial charge in [0.2, 0.25) is 0 Å². The summed E-state index contributed by atoms with van der Waals surface area (Å²) in [6.45, 7) is 8.28. The molecule has 0 N–H and O–H groups in total. The summed E-state index contributed by atoms with van der Waals surface area (Å²) in [5.41, 5.74) is 8.20. The predicted molar refractivity (Wildman–Crippen MR) is 89.0 cm³/mol. The van der Waals surface area contributed by atoms with Gasteiger partial charge in [-0.05, 0) is 51.5 Å². The first-order valence-electron chi connectivity index (χ1n) is 7.71. The minimum atomic E-state index is 0.306. The molecule has 112 valence electrons. The molecule has 0 fully saturated rings. The lowest BCUT2D eigenvalue weighted by atomic mass is 10.1. The lowest BCUT2D eigenvalue weighted by Gasteiger charge is -2.28. The fourth-order valence-corrected chi connectivity index (χ4v) is 3.70. The van der Waals surface area contributed by atoms with Crippen molar-refractivity contribution in [1.29, 1.82) is 0 Å². The zero-order valence-corrected chi connectivity index (χ0v) is 13.5. The second-order valence-electron chi connectivity index (χ2n) is 6.21. The average molecular weight is 292 g/mol. The van der Waals surface area contributed by atoms with Gasteiger partial charge in [-0.1, -0.05) is 0 Å². The van der Waals surface area contributed by atoms with Gasteiger partial charge in [0.15, 0.2) is 0 Å². The Kier molecular flexibility index (Phi) is 2.76. The minimum Gasteiger partial charge on any atom is -0.323 e. The Balaban J connectivity index is 1.75. The zero-order valence-electron chi connectivity index (χ0n) is 13.5. The number of anilines is 2. The van der Waals surface area contributed by atoms with Crippen molar-refractivity contribution in [3.8, 4) is 0 Å². The van der Waals surface area contributed by atoms with Crippen LogP contribution >= 0.6 is 0 Å². The van der Waals surface area contributed by atoms with Crippen molar-refractivity contribution >= 4 is 11.4 Å². The van der Waals surface area contributed by atoms with E-state index in [-0.39, 0.29) is 0 Å². The molecule has 1 unspecified atom stereocenters. The number of rotatable bonds is 1. The topological polar surface area (TPSA) is 32.3 Å². The molecule has 2 aromatic rings. The highest BCUT2D eigenvalue weighted by molar-refractivity contribution is 5.71. The highest BCUT2D eigenvalue weighted by atomic mass is 15.4. The van der Waals surface area contributed by atoms with Gasteiger partial charge in [-0.25, -0.2) is 0 Å². The molecule has 0 amide bonds. The molecule has 0 aliphatic carbocycles. The monoisotopic (exact) mass is 292 g/mol. The summed E-state index contributed by atoms with van der Waals surface area (Å²) in [6.07, 6.45) is 5.65. The summed E-state index contributed by atoms with van der Waals surface area (Å²) in [7, 11) is 0. The van der Waals surface area contributed by atoms with Crippen molar-refractivity contribution in [2.75, 3.05) is 9.80 Å². The first-order chi connectivity index (χ1) is 10.5. The van der Waals surface area contributed by atoms with Crippen molar-refractivity contribution in [2.45, 2.75) is 40.3 Å². The van der Waals surface area contributed by atoms with Gasteiger partial charge in [-0.3, -0.25) is 9.97 Å². The number of aryl methyl sites for hydroxylation is 4. The number of hydrogen-bond acceptors (Lipinski definition) is 4. The normalized spacial score (nSPS) is 18.8. The maximum atomic E-state index is 4.63. The number of fused-ring (bicyclic) bond motifs is 3.